The summed E-state index contributed by atoms with van der Waals surface area (Å²) in [5, 5.41) is 6.77. The van der Waals surface area contributed by atoms with Crippen molar-refractivity contribution >= 4 is 75.4 Å². The van der Waals surface area contributed by atoms with Crippen molar-refractivity contribution in [2.45, 2.75) is 0 Å². The fraction of sp³-hybridized carbons (Fsp3) is 0. The van der Waals surface area contributed by atoms with E-state index in [0.717, 1.165) is 82.8 Å². The predicted molar refractivity (Wildman–Crippen MR) is 234 cm³/mol. The summed E-state index contributed by atoms with van der Waals surface area (Å²) >= 11 is 1.83. The van der Waals surface area contributed by atoms with Crippen molar-refractivity contribution in [3.05, 3.63) is 176 Å². The molecule has 4 aromatic heterocycles. The van der Waals surface area contributed by atoms with Crippen LogP contribution in [0.25, 0.3) is 120 Å². The summed E-state index contributed by atoms with van der Waals surface area (Å²) in [6.07, 6.45) is 0. The van der Waals surface area contributed by atoms with E-state index in [1.807, 2.05) is 96.3 Å². The molecule has 0 atom stereocenters. The van der Waals surface area contributed by atoms with Gasteiger partial charge in [0.05, 0.1) is 5.56 Å². The topological polar surface area (TPSA) is 65.0 Å². The summed E-state index contributed by atoms with van der Waals surface area (Å²) in [5.41, 5.74) is 10.3. The molecule has 0 fully saturated rings. The smallest absolute Gasteiger partial charge is 0.167 e. The van der Waals surface area contributed by atoms with Gasteiger partial charge in [0, 0.05) is 52.8 Å². The molecule has 12 rings (SSSR count). The molecule has 0 bridgehead atoms. The molecule has 0 amide bonds. The second-order valence-electron chi connectivity index (χ2n) is 14.3. The number of furan rings is 2. The highest BCUT2D eigenvalue weighted by molar-refractivity contribution is 7.25. The number of benzene rings is 8. The van der Waals surface area contributed by atoms with E-state index in [4.69, 9.17) is 23.8 Å². The maximum absolute atomic E-state index is 6.84. The van der Waals surface area contributed by atoms with E-state index in [1.165, 1.54) is 20.2 Å². The second kappa shape index (κ2) is 12.6. The summed E-state index contributed by atoms with van der Waals surface area (Å²) in [4.78, 5) is 14.9. The van der Waals surface area contributed by atoms with Crippen molar-refractivity contribution in [2.75, 3.05) is 0 Å². The number of aromatic nitrogens is 3. The molecule has 0 saturated carbocycles. The lowest BCUT2D eigenvalue weighted by molar-refractivity contribution is 0.668. The van der Waals surface area contributed by atoms with Gasteiger partial charge in [-0.2, -0.15) is 0 Å². The zero-order valence-electron chi connectivity index (χ0n) is 30.3. The molecule has 0 radical (unpaired) electrons. The Morgan fingerprint density at radius 3 is 1.77 bits per heavy atom. The molecule has 4 heterocycles. The second-order valence-corrected chi connectivity index (χ2v) is 15.4. The van der Waals surface area contributed by atoms with Gasteiger partial charge in [0.1, 0.15) is 22.3 Å². The first kappa shape index (κ1) is 31.9. The quantitative estimate of drug-likeness (QED) is 0.175. The van der Waals surface area contributed by atoms with Crippen LogP contribution in [0.1, 0.15) is 0 Å². The minimum atomic E-state index is 0.558. The summed E-state index contributed by atoms with van der Waals surface area (Å²) in [7, 11) is 0. The highest BCUT2D eigenvalue weighted by Gasteiger charge is 2.20. The fourth-order valence-electron chi connectivity index (χ4n) is 8.23. The SMILES string of the molecule is c1ccc(-c2nc(-c3ccccc3)nc(-c3cccc4c3oc3cc(-c5cc(-c6ccc7c(c6)sc6ccccc67)cc6oc7ccccc7c56)ccc34)n2)cc1. The first-order valence-electron chi connectivity index (χ1n) is 18.9. The molecule has 0 unspecified atom stereocenters. The Labute approximate surface area is 330 Å². The maximum atomic E-state index is 6.84. The summed E-state index contributed by atoms with van der Waals surface area (Å²) in [6.45, 7) is 0. The van der Waals surface area contributed by atoms with E-state index in [2.05, 4.69) is 91.0 Å². The van der Waals surface area contributed by atoms with E-state index in [0.29, 0.717) is 17.5 Å². The molecule has 0 aliphatic carbocycles. The van der Waals surface area contributed by atoms with E-state index >= 15 is 0 Å². The van der Waals surface area contributed by atoms with Crippen molar-refractivity contribution in [1.29, 1.82) is 0 Å². The van der Waals surface area contributed by atoms with E-state index in [9.17, 15) is 0 Å². The third-order valence-corrected chi connectivity index (χ3v) is 12.1. The van der Waals surface area contributed by atoms with E-state index < -0.39 is 0 Å². The third-order valence-electron chi connectivity index (χ3n) is 10.9. The van der Waals surface area contributed by atoms with Crippen LogP contribution < -0.4 is 0 Å². The minimum absolute atomic E-state index is 0.558. The molecule has 8 aromatic carbocycles. The van der Waals surface area contributed by atoms with Crippen molar-refractivity contribution in [1.82, 2.24) is 15.0 Å². The normalized spacial score (nSPS) is 11.9. The lowest BCUT2D eigenvalue weighted by Gasteiger charge is -2.09. The van der Waals surface area contributed by atoms with Crippen LogP contribution in [-0.4, -0.2) is 15.0 Å². The van der Waals surface area contributed by atoms with Crippen LogP contribution in [0.4, 0.5) is 0 Å². The van der Waals surface area contributed by atoms with Crippen LogP contribution in [0, 0.1) is 0 Å². The number of para-hydroxylation sites is 2. The molecule has 5 nitrogen and oxygen atoms in total. The molecule has 0 saturated heterocycles. The number of fused-ring (bicyclic) bond motifs is 9. The molecule has 6 heteroatoms. The highest BCUT2D eigenvalue weighted by Crippen LogP contribution is 2.44. The van der Waals surface area contributed by atoms with Gasteiger partial charge in [0.15, 0.2) is 17.5 Å². The molecule has 0 N–H and O–H groups in total. The summed E-state index contributed by atoms with van der Waals surface area (Å²) < 4.78 is 16.0. The van der Waals surface area contributed by atoms with Crippen LogP contribution in [0.3, 0.4) is 0 Å². The molecule has 0 aliphatic heterocycles. The van der Waals surface area contributed by atoms with Gasteiger partial charge >= 0.3 is 0 Å². The monoisotopic (exact) mass is 747 g/mol. The Morgan fingerprint density at radius 2 is 0.965 bits per heavy atom. The Hall–Kier alpha value is -7.41. The largest absolute Gasteiger partial charge is 0.456 e. The Balaban J connectivity index is 1.04. The highest BCUT2D eigenvalue weighted by atomic mass is 32.1. The number of hydrogen-bond acceptors (Lipinski definition) is 6. The standard InChI is InChI=1S/C51H29N3O2S/c1-3-12-30(13-4-1)49-52-50(31-14-5-2-6-15-31)54-51(53-49)40-19-11-18-38-35-24-23-33(27-43(35)56-48(38)40)41-26-34(28-44-47(41)39-17-7-9-20-42(39)55-44)32-22-25-37-36-16-8-10-21-45(36)57-46(37)29-32/h1-29H. The number of thiophene rings is 1. The Morgan fingerprint density at radius 1 is 0.333 bits per heavy atom. The van der Waals surface area contributed by atoms with E-state index in [1.54, 1.807) is 0 Å². The van der Waals surface area contributed by atoms with Gasteiger partial charge in [-0.05, 0) is 70.8 Å². The predicted octanol–water partition coefficient (Wildman–Crippen LogP) is 14.4. The number of nitrogens with zero attached hydrogens (tertiary/aromatic N) is 3. The lowest BCUT2D eigenvalue weighted by Crippen LogP contribution is -2.00. The molecule has 12 aromatic rings. The van der Waals surface area contributed by atoms with Crippen LogP contribution in [0.15, 0.2) is 185 Å². The van der Waals surface area contributed by atoms with Gasteiger partial charge in [-0.3, -0.25) is 0 Å². The van der Waals surface area contributed by atoms with Crippen molar-refractivity contribution in [3.63, 3.8) is 0 Å². The van der Waals surface area contributed by atoms with Crippen molar-refractivity contribution < 1.29 is 8.83 Å². The van der Waals surface area contributed by atoms with Crippen LogP contribution in [0.5, 0.6) is 0 Å². The molecular weight excluding hydrogens is 719 g/mol. The lowest BCUT2D eigenvalue weighted by atomic mass is 9.93. The Bertz CT molecular complexity index is 3470. The molecular formula is C51H29N3O2S. The van der Waals surface area contributed by atoms with Crippen LogP contribution in [0.2, 0.25) is 0 Å². The zero-order chi connectivity index (χ0) is 37.5. The summed E-state index contributed by atoms with van der Waals surface area (Å²) in [6, 6.07) is 61.0. The van der Waals surface area contributed by atoms with Crippen molar-refractivity contribution in [3.8, 4) is 56.4 Å². The molecule has 266 valence electrons. The number of hydrogen-bond donors (Lipinski definition) is 0. The number of rotatable bonds is 5. The van der Waals surface area contributed by atoms with Gasteiger partial charge < -0.3 is 8.83 Å². The zero-order valence-corrected chi connectivity index (χ0v) is 31.1. The average molecular weight is 748 g/mol. The van der Waals surface area contributed by atoms with Gasteiger partial charge in [0.2, 0.25) is 0 Å². The average Bonchev–Trinajstić information content (AvgIpc) is 3.97. The summed E-state index contributed by atoms with van der Waals surface area (Å²) in [5.74, 6) is 1.78. The molecule has 57 heavy (non-hydrogen) atoms. The van der Waals surface area contributed by atoms with Crippen LogP contribution in [-0.2, 0) is 0 Å². The minimum Gasteiger partial charge on any atom is -0.456 e. The molecule has 0 spiro atoms. The van der Waals surface area contributed by atoms with Gasteiger partial charge in [-0.1, -0.05) is 127 Å². The van der Waals surface area contributed by atoms with Crippen molar-refractivity contribution in [2.24, 2.45) is 0 Å². The van der Waals surface area contributed by atoms with Gasteiger partial charge in [-0.15, -0.1) is 11.3 Å². The first-order chi connectivity index (χ1) is 28.2. The van der Waals surface area contributed by atoms with Crippen LogP contribution >= 0.6 is 11.3 Å². The Kier molecular flexibility index (Phi) is 7.03. The maximum Gasteiger partial charge on any atom is 0.167 e. The van der Waals surface area contributed by atoms with Gasteiger partial charge in [-0.25, -0.2) is 15.0 Å². The van der Waals surface area contributed by atoms with E-state index in [-0.39, 0.29) is 0 Å². The third kappa shape index (κ3) is 5.19. The molecule has 0 aliphatic rings. The fourth-order valence-corrected chi connectivity index (χ4v) is 9.37. The van der Waals surface area contributed by atoms with Gasteiger partial charge in [0.25, 0.3) is 0 Å². The first-order valence-corrected chi connectivity index (χ1v) is 19.7.